The second kappa shape index (κ2) is 11.6. The third-order valence-electron chi connectivity index (χ3n) is 0.940. The molecular formula is C9H14O2. The summed E-state index contributed by atoms with van der Waals surface area (Å²) in [5.74, 6) is 0. The maximum absolute atomic E-state index is 7.00. The first kappa shape index (κ1) is 12.5. The molecule has 1 rings (SSSR count). The molecule has 0 bridgehead atoms. The predicted octanol–water partition coefficient (Wildman–Crippen LogP) is 3.09. The third-order valence-corrected chi connectivity index (χ3v) is 0.940. The van der Waals surface area contributed by atoms with Gasteiger partial charge < -0.3 is 0 Å². The first-order valence-corrected chi connectivity index (χ1v) is 3.58. The normalized spacial score (nSPS) is 6.45. The molecular weight excluding hydrogens is 140 g/mol. The quantitative estimate of drug-likeness (QED) is 0.575. The lowest BCUT2D eigenvalue weighted by Gasteiger charge is -1.82. The van der Waals surface area contributed by atoms with E-state index in [0.717, 1.165) is 0 Å². The van der Waals surface area contributed by atoms with Crippen LogP contribution >= 0.6 is 0 Å². The highest BCUT2D eigenvalue weighted by Crippen LogP contribution is 1.92. The monoisotopic (exact) mass is 154 g/mol. The minimum atomic E-state index is 1.32. The molecule has 0 aliphatic heterocycles. The van der Waals surface area contributed by atoms with Gasteiger partial charge in [0.1, 0.15) is 0 Å². The molecule has 2 nitrogen and oxygen atoms in total. The number of aryl methyl sites for hydroxylation is 1. The van der Waals surface area contributed by atoms with E-state index in [0.29, 0.717) is 0 Å². The summed E-state index contributed by atoms with van der Waals surface area (Å²) in [6.07, 6.45) is 0. The van der Waals surface area contributed by atoms with Crippen LogP contribution in [0.25, 0.3) is 0 Å². The third kappa shape index (κ3) is 8.82. The Balaban J connectivity index is 0. The van der Waals surface area contributed by atoms with Crippen molar-refractivity contribution in [2.45, 2.75) is 20.8 Å². The fourth-order valence-corrected chi connectivity index (χ4v) is 0.534. The number of hydrogen-bond donors (Lipinski definition) is 0. The molecule has 0 aromatic heterocycles. The molecule has 2 heteroatoms. The molecule has 0 unspecified atom stereocenters. The molecule has 0 N–H and O–H groups in total. The molecule has 1 aromatic carbocycles. The van der Waals surface area contributed by atoms with Gasteiger partial charge in [0.15, 0.2) is 0 Å². The molecule has 0 fully saturated rings. The van der Waals surface area contributed by atoms with Crippen LogP contribution in [0.5, 0.6) is 0 Å². The zero-order chi connectivity index (χ0) is 9.11. The molecule has 0 spiro atoms. The molecule has 0 radical (unpaired) electrons. The molecule has 0 amide bonds. The Morgan fingerprint density at radius 1 is 0.909 bits per heavy atom. The van der Waals surface area contributed by atoms with E-state index in [1.165, 1.54) is 5.56 Å². The van der Waals surface area contributed by atoms with E-state index in [2.05, 4.69) is 19.1 Å². The van der Waals surface area contributed by atoms with Crippen LogP contribution in [0, 0.1) is 16.9 Å². The van der Waals surface area contributed by atoms with Gasteiger partial charge in [0, 0.05) is 9.93 Å². The highest BCUT2D eigenvalue weighted by Gasteiger charge is 1.72. The Morgan fingerprint density at radius 2 is 1.27 bits per heavy atom. The zero-order valence-electron chi connectivity index (χ0n) is 7.20. The molecule has 0 saturated carbocycles. The Kier molecular flexibility index (Phi) is 13.2. The maximum atomic E-state index is 7.00. The van der Waals surface area contributed by atoms with Gasteiger partial charge in [-0.15, -0.1) is 0 Å². The Bertz CT molecular complexity index is 149. The Morgan fingerprint density at radius 3 is 1.45 bits per heavy atom. The summed E-state index contributed by atoms with van der Waals surface area (Å²) >= 11 is 0. The van der Waals surface area contributed by atoms with Gasteiger partial charge >= 0.3 is 0 Å². The van der Waals surface area contributed by atoms with E-state index in [1.807, 2.05) is 32.0 Å². The summed E-state index contributed by atoms with van der Waals surface area (Å²) in [4.78, 5) is 14.0. The van der Waals surface area contributed by atoms with Crippen LogP contribution in [-0.4, -0.2) is 0 Å². The lowest BCUT2D eigenvalue weighted by atomic mass is 10.2. The van der Waals surface area contributed by atoms with Gasteiger partial charge in [-0.25, -0.2) is 0 Å². The smallest absolute Gasteiger partial charge is 0 e. The van der Waals surface area contributed by atoms with E-state index in [4.69, 9.17) is 9.93 Å². The van der Waals surface area contributed by atoms with Crippen LogP contribution in [0.3, 0.4) is 0 Å². The summed E-state index contributed by atoms with van der Waals surface area (Å²) in [7, 11) is 0. The summed E-state index contributed by atoms with van der Waals surface area (Å²) in [5.41, 5.74) is 1.32. The van der Waals surface area contributed by atoms with Crippen LogP contribution in [0.4, 0.5) is 0 Å². The van der Waals surface area contributed by atoms with Gasteiger partial charge in [-0.3, -0.25) is 0 Å². The minimum absolute atomic E-state index is 1.32. The highest BCUT2D eigenvalue weighted by molar-refractivity contribution is 5.11. The Hall–Kier alpha value is -1.18. The number of rotatable bonds is 0. The summed E-state index contributed by atoms with van der Waals surface area (Å²) in [5, 5.41) is 0. The lowest BCUT2D eigenvalue weighted by molar-refractivity contribution is 1.48. The molecule has 11 heavy (non-hydrogen) atoms. The average molecular weight is 154 g/mol. The summed E-state index contributed by atoms with van der Waals surface area (Å²) < 4.78 is 0. The topological polar surface area (TPSA) is 34.1 Å². The van der Waals surface area contributed by atoms with Gasteiger partial charge in [0.05, 0.1) is 0 Å². The van der Waals surface area contributed by atoms with Crippen LogP contribution in [0.15, 0.2) is 30.3 Å². The van der Waals surface area contributed by atoms with Crippen molar-refractivity contribution < 1.29 is 0 Å². The first-order chi connectivity index (χ1) is 5.39. The van der Waals surface area contributed by atoms with Crippen molar-refractivity contribution in [2.75, 3.05) is 0 Å². The van der Waals surface area contributed by atoms with Gasteiger partial charge in [0.2, 0.25) is 0 Å². The molecule has 0 aliphatic rings. The maximum Gasteiger partial charge on any atom is 0 e. The zero-order valence-corrected chi connectivity index (χ0v) is 7.20. The van der Waals surface area contributed by atoms with E-state index in [9.17, 15) is 0 Å². The van der Waals surface area contributed by atoms with Gasteiger partial charge in [0.25, 0.3) is 0 Å². The van der Waals surface area contributed by atoms with Crippen LogP contribution in [-0.2, 0) is 0 Å². The number of hydrogen-bond acceptors (Lipinski definition) is 2. The van der Waals surface area contributed by atoms with E-state index >= 15 is 0 Å². The fraction of sp³-hybridized carbons (Fsp3) is 0.333. The standard InChI is InChI=1S/C7H8.C2H6.O2/c1-7-5-3-2-4-6-7;2*1-2/h2-6H,1H3;1-2H3;. The van der Waals surface area contributed by atoms with Crippen LogP contribution in [0.2, 0.25) is 0 Å². The van der Waals surface area contributed by atoms with Crippen molar-refractivity contribution >= 4 is 0 Å². The molecule has 1 aromatic rings. The van der Waals surface area contributed by atoms with Crippen molar-refractivity contribution in [3.63, 3.8) is 0 Å². The summed E-state index contributed by atoms with van der Waals surface area (Å²) in [6, 6.07) is 10.3. The second-order valence-corrected chi connectivity index (χ2v) is 1.65. The molecule has 0 aliphatic carbocycles. The number of benzene rings is 1. The predicted molar refractivity (Wildman–Crippen MR) is 49.3 cm³/mol. The lowest BCUT2D eigenvalue weighted by Crippen LogP contribution is -1.62. The van der Waals surface area contributed by atoms with Crippen LogP contribution in [0.1, 0.15) is 19.4 Å². The van der Waals surface area contributed by atoms with Gasteiger partial charge in [-0.1, -0.05) is 49.7 Å². The molecule has 0 saturated heterocycles. The average Bonchev–Trinajstić information content (AvgIpc) is 2.13. The van der Waals surface area contributed by atoms with E-state index in [-0.39, 0.29) is 0 Å². The second-order valence-electron chi connectivity index (χ2n) is 1.65. The van der Waals surface area contributed by atoms with E-state index in [1.54, 1.807) is 0 Å². The van der Waals surface area contributed by atoms with E-state index < -0.39 is 0 Å². The SMILES string of the molecule is CC.Cc1ccccc1.O=O. The molecule has 0 atom stereocenters. The van der Waals surface area contributed by atoms with Gasteiger partial charge in [-0.2, -0.15) is 0 Å². The summed E-state index contributed by atoms with van der Waals surface area (Å²) in [6.45, 7) is 6.08. The van der Waals surface area contributed by atoms with Crippen molar-refractivity contribution in [2.24, 2.45) is 0 Å². The van der Waals surface area contributed by atoms with Crippen molar-refractivity contribution in [3.8, 4) is 0 Å². The first-order valence-electron chi connectivity index (χ1n) is 3.58. The molecule has 62 valence electrons. The van der Waals surface area contributed by atoms with Crippen molar-refractivity contribution in [1.29, 1.82) is 0 Å². The molecule has 0 heterocycles. The van der Waals surface area contributed by atoms with Crippen molar-refractivity contribution in [3.05, 3.63) is 45.8 Å². The Labute approximate surface area is 67.5 Å². The largest absolute Gasteiger partial charge is 0.0683 e. The minimum Gasteiger partial charge on any atom is -0.0683 e. The fourth-order valence-electron chi connectivity index (χ4n) is 0.534. The van der Waals surface area contributed by atoms with Gasteiger partial charge in [-0.05, 0) is 6.92 Å². The van der Waals surface area contributed by atoms with Crippen LogP contribution < -0.4 is 0 Å². The van der Waals surface area contributed by atoms with Crippen molar-refractivity contribution in [1.82, 2.24) is 0 Å². The highest BCUT2D eigenvalue weighted by atomic mass is 16.7.